The summed E-state index contributed by atoms with van der Waals surface area (Å²) in [5.74, 6) is 0.353. The zero-order valence-electron chi connectivity index (χ0n) is 12.2. The third-order valence-electron chi connectivity index (χ3n) is 3.67. The van der Waals surface area contributed by atoms with Gasteiger partial charge in [-0.2, -0.15) is 0 Å². The molecule has 2 heterocycles. The molecule has 116 valence electrons. The predicted octanol–water partition coefficient (Wildman–Crippen LogP) is 2.30. The highest BCUT2D eigenvalue weighted by molar-refractivity contribution is 6.30. The van der Waals surface area contributed by atoms with Crippen LogP contribution in [-0.4, -0.2) is 49.3 Å². The molecule has 0 N–H and O–H groups in total. The minimum absolute atomic E-state index is 0.161. The number of hydrogen-bond acceptors (Lipinski definition) is 5. The number of nitrogens with zero attached hydrogens (tertiary/aromatic N) is 3. The summed E-state index contributed by atoms with van der Waals surface area (Å²) in [7, 11) is 1.48. The quantitative estimate of drug-likeness (QED) is 0.868. The maximum Gasteiger partial charge on any atom is 0.292 e. The van der Waals surface area contributed by atoms with Crippen LogP contribution in [0.3, 0.4) is 0 Å². The van der Waals surface area contributed by atoms with Gasteiger partial charge in [-0.1, -0.05) is 11.6 Å². The van der Waals surface area contributed by atoms with Crippen LogP contribution < -0.4 is 9.64 Å². The Morgan fingerprint density at radius 2 is 1.91 bits per heavy atom. The second-order valence-electron chi connectivity index (χ2n) is 4.99. The molecule has 7 heteroatoms. The molecule has 0 aliphatic carbocycles. The van der Waals surface area contributed by atoms with Gasteiger partial charge in [-0.25, -0.2) is 0 Å². The molecule has 0 unspecified atom stereocenters. The fourth-order valence-corrected chi connectivity index (χ4v) is 2.56. The highest BCUT2D eigenvalue weighted by atomic mass is 35.5. The highest BCUT2D eigenvalue weighted by Gasteiger charge is 2.25. The van der Waals surface area contributed by atoms with Crippen molar-refractivity contribution in [2.75, 3.05) is 38.2 Å². The molecule has 1 fully saturated rings. The fraction of sp³-hybridized carbons (Fsp3) is 0.333. The number of halogens is 1. The molecule has 1 amide bonds. The number of carbonyl (C=O) groups excluding carboxylic acids is 1. The van der Waals surface area contributed by atoms with Gasteiger partial charge in [-0.15, -0.1) is 0 Å². The van der Waals surface area contributed by atoms with Crippen molar-refractivity contribution in [3.05, 3.63) is 41.1 Å². The zero-order chi connectivity index (χ0) is 15.5. The van der Waals surface area contributed by atoms with Gasteiger partial charge >= 0.3 is 0 Å². The van der Waals surface area contributed by atoms with Gasteiger partial charge in [0.25, 0.3) is 11.8 Å². The molecule has 22 heavy (non-hydrogen) atoms. The molecular formula is C15H16ClN3O3. The summed E-state index contributed by atoms with van der Waals surface area (Å²) in [5, 5.41) is 4.37. The first kappa shape index (κ1) is 14.7. The molecule has 1 aromatic heterocycles. The van der Waals surface area contributed by atoms with Crippen LogP contribution in [0.1, 0.15) is 10.6 Å². The van der Waals surface area contributed by atoms with E-state index >= 15 is 0 Å². The van der Waals surface area contributed by atoms with Gasteiger partial charge < -0.3 is 19.1 Å². The largest absolute Gasteiger partial charge is 0.479 e. The third kappa shape index (κ3) is 3.01. The van der Waals surface area contributed by atoms with Gasteiger partial charge in [0.2, 0.25) is 5.76 Å². The average molecular weight is 322 g/mol. The minimum atomic E-state index is -0.161. The topological polar surface area (TPSA) is 58.8 Å². The summed E-state index contributed by atoms with van der Waals surface area (Å²) in [5.41, 5.74) is 1.11. The minimum Gasteiger partial charge on any atom is -0.479 e. The summed E-state index contributed by atoms with van der Waals surface area (Å²) < 4.78 is 9.92. The standard InChI is InChI=1S/C15H16ClN3O3/c1-21-14-10-13(22-17-14)15(20)19-8-6-18(7-9-19)12-4-2-11(16)3-5-12/h2-5,10H,6-9H2,1H3. The number of rotatable bonds is 3. The predicted molar refractivity (Wildman–Crippen MR) is 82.6 cm³/mol. The Morgan fingerprint density at radius 3 is 2.50 bits per heavy atom. The van der Waals surface area contributed by atoms with Crippen molar-refractivity contribution in [3.8, 4) is 5.88 Å². The average Bonchev–Trinajstić information content (AvgIpc) is 3.04. The zero-order valence-corrected chi connectivity index (χ0v) is 12.9. The Labute approximate surface area is 133 Å². The van der Waals surface area contributed by atoms with E-state index in [-0.39, 0.29) is 11.7 Å². The van der Waals surface area contributed by atoms with Gasteiger partial charge in [0.05, 0.1) is 13.2 Å². The SMILES string of the molecule is COc1cc(C(=O)N2CCN(c3ccc(Cl)cc3)CC2)on1. The van der Waals surface area contributed by atoms with E-state index in [9.17, 15) is 4.79 Å². The Bertz CT molecular complexity index is 648. The number of hydrogen-bond donors (Lipinski definition) is 0. The molecule has 1 aromatic carbocycles. The first-order valence-electron chi connectivity index (χ1n) is 6.98. The van der Waals surface area contributed by atoms with E-state index < -0.39 is 0 Å². The molecule has 0 spiro atoms. The lowest BCUT2D eigenvalue weighted by Gasteiger charge is -2.35. The molecule has 0 bridgehead atoms. The highest BCUT2D eigenvalue weighted by Crippen LogP contribution is 2.20. The fourth-order valence-electron chi connectivity index (χ4n) is 2.43. The van der Waals surface area contributed by atoms with Crippen molar-refractivity contribution < 1.29 is 14.1 Å². The van der Waals surface area contributed by atoms with E-state index in [0.29, 0.717) is 19.0 Å². The molecule has 0 saturated carbocycles. The lowest BCUT2D eigenvalue weighted by molar-refractivity contribution is 0.0704. The normalized spacial score (nSPS) is 15.0. The van der Waals surface area contributed by atoms with Crippen LogP contribution in [0.25, 0.3) is 0 Å². The van der Waals surface area contributed by atoms with E-state index in [1.54, 1.807) is 4.90 Å². The number of amides is 1. The number of ether oxygens (including phenoxy) is 1. The number of carbonyl (C=O) groups is 1. The molecule has 3 rings (SSSR count). The number of benzene rings is 1. The lowest BCUT2D eigenvalue weighted by atomic mass is 10.2. The van der Waals surface area contributed by atoms with Crippen molar-refractivity contribution in [2.24, 2.45) is 0 Å². The maximum absolute atomic E-state index is 12.3. The number of piperazine rings is 1. The maximum atomic E-state index is 12.3. The summed E-state index contributed by atoms with van der Waals surface area (Å²) in [6, 6.07) is 9.22. The van der Waals surface area contributed by atoms with Crippen LogP contribution in [-0.2, 0) is 0 Å². The first-order valence-corrected chi connectivity index (χ1v) is 7.35. The number of anilines is 1. The first-order chi connectivity index (χ1) is 10.7. The molecule has 0 radical (unpaired) electrons. The van der Waals surface area contributed by atoms with Crippen LogP contribution in [0.4, 0.5) is 5.69 Å². The van der Waals surface area contributed by atoms with Crippen molar-refractivity contribution in [1.82, 2.24) is 10.1 Å². The second kappa shape index (κ2) is 6.27. The van der Waals surface area contributed by atoms with Crippen molar-refractivity contribution in [1.29, 1.82) is 0 Å². The van der Waals surface area contributed by atoms with Gasteiger partial charge in [0.1, 0.15) is 0 Å². The molecule has 1 saturated heterocycles. The molecule has 1 aliphatic rings. The number of aromatic nitrogens is 1. The monoisotopic (exact) mass is 321 g/mol. The van der Waals surface area contributed by atoms with Crippen LogP contribution >= 0.6 is 11.6 Å². The van der Waals surface area contributed by atoms with Gasteiger partial charge in [0.15, 0.2) is 0 Å². The lowest BCUT2D eigenvalue weighted by Crippen LogP contribution is -2.48. The van der Waals surface area contributed by atoms with Gasteiger partial charge in [-0.05, 0) is 29.4 Å². The van der Waals surface area contributed by atoms with E-state index in [1.807, 2.05) is 24.3 Å². The van der Waals surface area contributed by atoms with E-state index in [2.05, 4.69) is 10.1 Å². The van der Waals surface area contributed by atoms with Crippen molar-refractivity contribution in [2.45, 2.75) is 0 Å². The Kier molecular flexibility index (Phi) is 4.20. The summed E-state index contributed by atoms with van der Waals surface area (Å²) in [6.45, 7) is 2.78. The van der Waals surface area contributed by atoms with Gasteiger partial charge in [-0.3, -0.25) is 4.79 Å². The van der Waals surface area contributed by atoms with Gasteiger partial charge in [0, 0.05) is 36.9 Å². The molecule has 1 aliphatic heterocycles. The summed E-state index contributed by atoms with van der Waals surface area (Å²) >= 11 is 5.90. The number of methoxy groups -OCH3 is 1. The molecule has 2 aromatic rings. The van der Waals surface area contributed by atoms with Crippen LogP contribution in [0.5, 0.6) is 5.88 Å². The molecule has 0 atom stereocenters. The van der Waals surface area contributed by atoms with E-state index in [4.69, 9.17) is 20.9 Å². The van der Waals surface area contributed by atoms with Crippen LogP contribution in [0.15, 0.2) is 34.9 Å². The second-order valence-corrected chi connectivity index (χ2v) is 5.43. The Morgan fingerprint density at radius 1 is 1.23 bits per heavy atom. The Hall–Kier alpha value is -2.21. The Balaban J connectivity index is 1.61. The van der Waals surface area contributed by atoms with Crippen molar-refractivity contribution in [3.63, 3.8) is 0 Å². The van der Waals surface area contributed by atoms with E-state index in [0.717, 1.165) is 23.8 Å². The van der Waals surface area contributed by atoms with Crippen LogP contribution in [0, 0.1) is 0 Å². The molecule has 6 nitrogen and oxygen atoms in total. The third-order valence-corrected chi connectivity index (χ3v) is 3.92. The van der Waals surface area contributed by atoms with E-state index in [1.165, 1.54) is 13.2 Å². The summed E-state index contributed by atoms with van der Waals surface area (Å²) in [6.07, 6.45) is 0. The smallest absolute Gasteiger partial charge is 0.292 e. The van der Waals surface area contributed by atoms with Crippen molar-refractivity contribution >= 4 is 23.2 Å². The summed E-state index contributed by atoms with van der Waals surface area (Å²) in [4.78, 5) is 16.3. The van der Waals surface area contributed by atoms with Crippen LogP contribution in [0.2, 0.25) is 5.02 Å². The molecular weight excluding hydrogens is 306 g/mol.